The Morgan fingerprint density at radius 1 is 1.04 bits per heavy atom. The molecule has 0 spiro atoms. The van der Waals surface area contributed by atoms with Crippen LogP contribution in [0, 0.1) is 0 Å². The molecule has 0 heterocycles. The number of thioether (sulfide) groups is 1. The molecule has 28 heavy (non-hydrogen) atoms. The Kier molecular flexibility index (Phi) is 8.07. The zero-order chi connectivity index (χ0) is 20.5. The SMILES string of the molecule is COC(=O)c1ccc(CCNC(=O)C(C)Sc2ccc(NC(C)=O)cc2)cc1. The van der Waals surface area contributed by atoms with Crippen molar-refractivity contribution < 1.29 is 19.1 Å². The first-order chi connectivity index (χ1) is 13.4. The first-order valence-electron chi connectivity index (χ1n) is 8.88. The monoisotopic (exact) mass is 400 g/mol. The Balaban J connectivity index is 1.77. The van der Waals surface area contributed by atoms with Crippen LogP contribution in [0.25, 0.3) is 0 Å². The lowest BCUT2D eigenvalue weighted by atomic mass is 10.1. The number of carbonyl (C=O) groups excluding carboxylic acids is 3. The maximum Gasteiger partial charge on any atom is 0.337 e. The molecule has 0 aliphatic heterocycles. The van der Waals surface area contributed by atoms with Crippen LogP contribution in [0.5, 0.6) is 0 Å². The molecule has 1 unspecified atom stereocenters. The number of hydrogen-bond donors (Lipinski definition) is 2. The normalized spacial score (nSPS) is 11.4. The molecule has 6 nitrogen and oxygen atoms in total. The fourth-order valence-corrected chi connectivity index (χ4v) is 3.37. The molecule has 2 N–H and O–H groups in total. The number of benzene rings is 2. The number of amides is 2. The Hall–Kier alpha value is -2.80. The van der Waals surface area contributed by atoms with E-state index in [4.69, 9.17) is 0 Å². The Bertz CT molecular complexity index is 819. The number of carbonyl (C=O) groups is 3. The largest absolute Gasteiger partial charge is 0.465 e. The van der Waals surface area contributed by atoms with E-state index >= 15 is 0 Å². The molecule has 0 saturated carbocycles. The average molecular weight is 401 g/mol. The van der Waals surface area contributed by atoms with E-state index in [9.17, 15) is 14.4 Å². The quantitative estimate of drug-likeness (QED) is 0.525. The van der Waals surface area contributed by atoms with E-state index < -0.39 is 0 Å². The van der Waals surface area contributed by atoms with Crippen molar-refractivity contribution in [2.75, 3.05) is 19.0 Å². The molecule has 1 atom stereocenters. The highest BCUT2D eigenvalue weighted by Crippen LogP contribution is 2.24. The maximum atomic E-state index is 12.3. The van der Waals surface area contributed by atoms with Crippen molar-refractivity contribution in [1.82, 2.24) is 5.32 Å². The summed E-state index contributed by atoms with van der Waals surface area (Å²) >= 11 is 1.46. The Labute approximate surface area is 169 Å². The highest BCUT2D eigenvalue weighted by molar-refractivity contribution is 8.00. The second-order valence-corrected chi connectivity index (χ2v) is 7.61. The molecular weight excluding hydrogens is 376 g/mol. The molecule has 0 aliphatic rings. The fraction of sp³-hybridized carbons (Fsp3) is 0.286. The van der Waals surface area contributed by atoms with Crippen LogP contribution in [-0.4, -0.2) is 36.7 Å². The van der Waals surface area contributed by atoms with Crippen LogP contribution in [0.1, 0.15) is 29.8 Å². The van der Waals surface area contributed by atoms with Crippen molar-refractivity contribution >= 4 is 35.2 Å². The lowest BCUT2D eigenvalue weighted by Crippen LogP contribution is -2.32. The minimum atomic E-state index is -0.365. The Morgan fingerprint density at radius 2 is 1.68 bits per heavy atom. The summed E-state index contributed by atoms with van der Waals surface area (Å²) in [6, 6.07) is 14.5. The van der Waals surface area contributed by atoms with Gasteiger partial charge in [-0.05, 0) is 55.3 Å². The molecule has 0 aliphatic carbocycles. The molecule has 2 aromatic rings. The third kappa shape index (κ3) is 6.74. The summed E-state index contributed by atoms with van der Waals surface area (Å²) in [7, 11) is 1.35. The van der Waals surface area contributed by atoms with Crippen molar-refractivity contribution in [3.05, 3.63) is 59.7 Å². The Morgan fingerprint density at radius 3 is 2.25 bits per heavy atom. The van der Waals surface area contributed by atoms with Gasteiger partial charge in [-0.25, -0.2) is 4.79 Å². The number of nitrogens with one attached hydrogen (secondary N) is 2. The van der Waals surface area contributed by atoms with Gasteiger partial charge in [0.05, 0.1) is 17.9 Å². The number of esters is 1. The summed E-state index contributed by atoms with van der Waals surface area (Å²) in [5, 5.41) is 5.40. The van der Waals surface area contributed by atoms with Gasteiger partial charge in [0, 0.05) is 24.1 Å². The van der Waals surface area contributed by atoms with Crippen molar-refractivity contribution in [1.29, 1.82) is 0 Å². The first kappa shape index (κ1) is 21.5. The van der Waals surface area contributed by atoms with Crippen LogP contribution in [0.15, 0.2) is 53.4 Å². The third-order valence-corrected chi connectivity index (χ3v) is 5.06. The molecule has 2 aromatic carbocycles. The lowest BCUT2D eigenvalue weighted by molar-refractivity contribution is -0.120. The predicted octanol–water partition coefficient (Wildman–Crippen LogP) is 3.27. The summed E-state index contributed by atoms with van der Waals surface area (Å²) in [4.78, 5) is 35.7. The molecule has 2 amide bonds. The van der Waals surface area contributed by atoms with E-state index in [1.54, 1.807) is 12.1 Å². The van der Waals surface area contributed by atoms with E-state index in [2.05, 4.69) is 15.4 Å². The summed E-state index contributed by atoms with van der Waals surface area (Å²) in [5.74, 6) is -0.522. The van der Waals surface area contributed by atoms with E-state index in [0.29, 0.717) is 18.5 Å². The molecule has 0 saturated heterocycles. The minimum absolute atomic E-state index is 0.0397. The van der Waals surface area contributed by atoms with Gasteiger partial charge in [0.1, 0.15) is 0 Å². The van der Waals surface area contributed by atoms with Crippen LogP contribution in [0.3, 0.4) is 0 Å². The summed E-state index contributed by atoms with van der Waals surface area (Å²) in [6.07, 6.45) is 0.677. The summed E-state index contributed by atoms with van der Waals surface area (Å²) < 4.78 is 4.67. The van der Waals surface area contributed by atoms with Gasteiger partial charge in [-0.3, -0.25) is 9.59 Å². The standard InChI is InChI=1S/C21H24N2O4S/c1-14(28-19-10-8-18(9-11-19)23-15(2)24)20(25)22-13-12-16-4-6-17(7-5-16)21(26)27-3/h4-11,14H,12-13H2,1-3H3,(H,22,25)(H,23,24). The summed E-state index contributed by atoms with van der Waals surface area (Å²) in [5.41, 5.74) is 2.26. The topological polar surface area (TPSA) is 84.5 Å². The average Bonchev–Trinajstić information content (AvgIpc) is 2.69. The van der Waals surface area contributed by atoms with Crippen LogP contribution >= 0.6 is 11.8 Å². The van der Waals surface area contributed by atoms with Crippen LogP contribution in [0.2, 0.25) is 0 Å². The zero-order valence-electron chi connectivity index (χ0n) is 16.2. The number of anilines is 1. The van der Waals surface area contributed by atoms with Gasteiger partial charge in [-0.1, -0.05) is 12.1 Å². The van der Waals surface area contributed by atoms with Gasteiger partial charge >= 0.3 is 5.97 Å². The van der Waals surface area contributed by atoms with Crippen molar-refractivity contribution in [3.8, 4) is 0 Å². The number of rotatable bonds is 8. The van der Waals surface area contributed by atoms with Crippen LogP contribution in [0.4, 0.5) is 5.69 Å². The smallest absolute Gasteiger partial charge is 0.337 e. The lowest BCUT2D eigenvalue weighted by Gasteiger charge is -2.12. The van der Waals surface area contributed by atoms with Gasteiger partial charge in [0.25, 0.3) is 0 Å². The van der Waals surface area contributed by atoms with E-state index in [0.717, 1.165) is 16.1 Å². The van der Waals surface area contributed by atoms with Gasteiger partial charge < -0.3 is 15.4 Å². The highest BCUT2D eigenvalue weighted by atomic mass is 32.2. The second kappa shape index (κ2) is 10.5. The molecular formula is C21H24N2O4S. The number of methoxy groups -OCH3 is 1. The molecule has 0 radical (unpaired) electrons. The maximum absolute atomic E-state index is 12.3. The second-order valence-electron chi connectivity index (χ2n) is 6.20. The third-order valence-electron chi connectivity index (χ3n) is 3.94. The van der Waals surface area contributed by atoms with Crippen molar-refractivity contribution in [3.63, 3.8) is 0 Å². The minimum Gasteiger partial charge on any atom is -0.465 e. The molecule has 2 rings (SSSR count). The van der Waals surface area contributed by atoms with E-state index in [-0.39, 0.29) is 23.0 Å². The first-order valence-corrected chi connectivity index (χ1v) is 9.76. The molecule has 0 aromatic heterocycles. The summed E-state index contributed by atoms with van der Waals surface area (Å²) in [6.45, 7) is 3.83. The van der Waals surface area contributed by atoms with E-state index in [1.165, 1.54) is 25.8 Å². The number of hydrogen-bond acceptors (Lipinski definition) is 5. The fourth-order valence-electron chi connectivity index (χ4n) is 2.48. The van der Waals surface area contributed by atoms with Gasteiger partial charge in [-0.2, -0.15) is 0 Å². The van der Waals surface area contributed by atoms with Crippen LogP contribution in [-0.2, 0) is 20.7 Å². The zero-order valence-corrected chi connectivity index (χ0v) is 17.0. The van der Waals surface area contributed by atoms with Gasteiger partial charge in [0.2, 0.25) is 11.8 Å². The molecule has 0 fully saturated rings. The van der Waals surface area contributed by atoms with Crippen molar-refractivity contribution in [2.45, 2.75) is 30.4 Å². The van der Waals surface area contributed by atoms with Gasteiger partial charge in [-0.15, -0.1) is 11.8 Å². The molecule has 0 bridgehead atoms. The molecule has 148 valence electrons. The highest BCUT2D eigenvalue weighted by Gasteiger charge is 2.14. The van der Waals surface area contributed by atoms with E-state index in [1.807, 2.05) is 43.3 Å². The van der Waals surface area contributed by atoms with Crippen LogP contribution < -0.4 is 10.6 Å². The number of ether oxygens (including phenoxy) is 1. The molecule has 7 heteroatoms. The van der Waals surface area contributed by atoms with Crippen molar-refractivity contribution in [2.24, 2.45) is 0 Å². The predicted molar refractivity (Wildman–Crippen MR) is 111 cm³/mol. The van der Waals surface area contributed by atoms with Gasteiger partial charge in [0.15, 0.2) is 0 Å².